The zero-order valence-corrected chi connectivity index (χ0v) is 12.8. The molecule has 8 heteroatoms. The lowest BCUT2D eigenvalue weighted by molar-refractivity contribution is 0.596. The van der Waals surface area contributed by atoms with Crippen LogP contribution in [-0.4, -0.2) is 13.4 Å². The van der Waals surface area contributed by atoms with Crippen molar-refractivity contribution in [2.45, 2.75) is 11.8 Å². The lowest BCUT2D eigenvalue weighted by Gasteiger charge is -2.10. The van der Waals surface area contributed by atoms with E-state index in [1.165, 1.54) is 12.1 Å². The van der Waals surface area contributed by atoms with Crippen molar-refractivity contribution in [3.8, 4) is 0 Å². The summed E-state index contributed by atoms with van der Waals surface area (Å²) in [5, 5.41) is 0. The Morgan fingerprint density at radius 3 is 2.60 bits per heavy atom. The summed E-state index contributed by atoms with van der Waals surface area (Å²) in [7, 11) is -3.89. The number of aromatic nitrogens is 1. The lowest BCUT2D eigenvalue weighted by atomic mass is 10.3. The molecule has 2 aromatic rings. The maximum absolute atomic E-state index is 13.3. The minimum absolute atomic E-state index is 0.106. The molecule has 0 radical (unpaired) electrons. The van der Waals surface area contributed by atoms with Gasteiger partial charge in [0.2, 0.25) is 0 Å². The van der Waals surface area contributed by atoms with Crippen molar-refractivity contribution < 1.29 is 12.8 Å². The first-order valence-corrected chi connectivity index (χ1v) is 7.78. The van der Waals surface area contributed by atoms with Gasteiger partial charge in [-0.2, -0.15) is 0 Å². The lowest BCUT2D eigenvalue weighted by Crippen LogP contribution is -2.14. The van der Waals surface area contributed by atoms with Crippen LogP contribution in [0.5, 0.6) is 0 Å². The van der Waals surface area contributed by atoms with Gasteiger partial charge in [-0.05, 0) is 53.2 Å². The molecule has 0 spiro atoms. The van der Waals surface area contributed by atoms with E-state index >= 15 is 0 Å². The van der Waals surface area contributed by atoms with Crippen LogP contribution in [0.25, 0.3) is 0 Å². The molecule has 2 rings (SSSR count). The zero-order chi connectivity index (χ0) is 14.9. The average Bonchev–Trinajstić information content (AvgIpc) is 2.36. The molecule has 0 aliphatic rings. The van der Waals surface area contributed by atoms with E-state index in [0.717, 1.165) is 6.07 Å². The number of halogens is 2. The Bertz CT molecular complexity index is 765. The van der Waals surface area contributed by atoms with Gasteiger partial charge in [-0.25, -0.2) is 17.8 Å². The molecular formula is C12H11BrFN3O2S. The van der Waals surface area contributed by atoms with Crippen molar-refractivity contribution >= 4 is 37.3 Å². The number of pyridine rings is 1. The largest absolute Gasteiger partial charge is 0.396 e. The van der Waals surface area contributed by atoms with Gasteiger partial charge in [0.25, 0.3) is 10.0 Å². The molecule has 20 heavy (non-hydrogen) atoms. The minimum atomic E-state index is -3.89. The molecule has 1 aromatic heterocycles. The van der Waals surface area contributed by atoms with E-state index in [1.54, 1.807) is 19.1 Å². The Morgan fingerprint density at radius 2 is 2.00 bits per heavy atom. The molecule has 106 valence electrons. The zero-order valence-electron chi connectivity index (χ0n) is 10.4. The highest BCUT2D eigenvalue weighted by molar-refractivity contribution is 9.10. The van der Waals surface area contributed by atoms with Gasteiger partial charge in [0.1, 0.15) is 10.4 Å². The number of nitrogens with two attached hydrogens (primary N) is 1. The molecule has 1 heterocycles. The SMILES string of the molecule is Cc1nc(Br)ccc1NS(=O)(=O)c1ccc(N)c(F)c1. The molecule has 0 aliphatic heterocycles. The normalized spacial score (nSPS) is 11.3. The predicted octanol–water partition coefficient (Wildman–Crippen LogP) is 2.67. The minimum Gasteiger partial charge on any atom is -0.396 e. The fourth-order valence-electron chi connectivity index (χ4n) is 1.52. The van der Waals surface area contributed by atoms with Crippen molar-refractivity contribution in [1.29, 1.82) is 0 Å². The Labute approximate surface area is 124 Å². The molecule has 0 atom stereocenters. The van der Waals surface area contributed by atoms with Gasteiger partial charge in [-0.15, -0.1) is 0 Å². The molecule has 0 aliphatic carbocycles. The third kappa shape index (κ3) is 3.07. The number of nitrogen functional groups attached to an aromatic ring is 1. The van der Waals surface area contributed by atoms with Gasteiger partial charge >= 0.3 is 0 Å². The third-order valence-corrected chi connectivity index (χ3v) is 4.38. The van der Waals surface area contributed by atoms with Crippen LogP contribution in [-0.2, 0) is 10.0 Å². The summed E-state index contributed by atoms with van der Waals surface area (Å²) in [6.45, 7) is 1.66. The standard InChI is InChI=1S/C12H11BrFN3O2S/c1-7-11(4-5-12(13)16-7)17-20(18,19)8-2-3-10(15)9(14)6-8/h2-6,17H,15H2,1H3. The van der Waals surface area contributed by atoms with Crippen LogP contribution in [0.2, 0.25) is 0 Å². The molecular weight excluding hydrogens is 349 g/mol. The van der Waals surface area contributed by atoms with Crippen LogP contribution in [0, 0.1) is 12.7 Å². The summed E-state index contributed by atoms with van der Waals surface area (Å²) >= 11 is 3.19. The maximum Gasteiger partial charge on any atom is 0.262 e. The fourth-order valence-corrected chi connectivity index (χ4v) is 3.04. The van der Waals surface area contributed by atoms with E-state index in [2.05, 4.69) is 25.6 Å². The van der Waals surface area contributed by atoms with Gasteiger partial charge in [0.15, 0.2) is 0 Å². The predicted molar refractivity (Wildman–Crippen MR) is 78.3 cm³/mol. The Morgan fingerprint density at radius 1 is 1.30 bits per heavy atom. The second-order valence-corrected chi connectivity index (χ2v) is 6.55. The number of aryl methyl sites for hydroxylation is 1. The highest BCUT2D eigenvalue weighted by Crippen LogP contribution is 2.22. The molecule has 0 saturated carbocycles. The first-order chi connectivity index (χ1) is 9.29. The average molecular weight is 360 g/mol. The number of rotatable bonds is 3. The number of anilines is 2. The van der Waals surface area contributed by atoms with E-state index in [4.69, 9.17) is 5.73 Å². The van der Waals surface area contributed by atoms with Gasteiger partial charge < -0.3 is 5.73 Å². The summed E-state index contributed by atoms with van der Waals surface area (Å²) in [5.41, 5.74) is 6.04. The number of benzene rings is 1. The van der Waals surface area contributed by atoms with E-state index in [-0.39, 0.29) is 10.6 Å². The molecule has 3 N–H and O–H groups in total. The van der Waals surface area contributed by atoms with Gasteiger partial charge in [-0.1, -0.05) is 0 Å². The maximum atomic E-state index is 13.3. The molecule has 0 amide bonds. The molecule has 1 aromatic carbocycles. The third-order valence-electron chi connectivity index (χ3n) is 2.58. The molecule has 0 fully saturated rings. The van der Waals surface area contributed by atoms with E-state index in [0.29, 0.717) is 16.0 Å². The van der Waals surface area contributed by atoms with Crippen LogP contribution >= 0.6 is 15.9 Å². The van der Waals surface area contributed by atoms with Crippen molar-refractivity contribution in [1.82, 2.24) is 4.98 Å². The second-order valence-electron chi connectivity index (χ2n) is 4.06. The Hall–Kier alpha value is -1.67. The monoisotopic (exact) mass is 359 g/mol. The quantitative estimate of drug-likeness (QED) is 0.651. The summed E-state index contributed by atoms with van der Waals surface area (Å²) in [6, 6.07) is 6.49. The van der Waals surface area contributed by atoms with Crippen molar-refractivity contribution in [2.24, 2.45) is 0 Å². The van der Waals surface area contributed by atoms with Crippen molar-refractivity contribution in [3.63, 3.8) is 0 Å². The summed E-state index contributed by atoms with van der Waals surface area (Å²) in [4.78, 5) is 3.88. The summed E-state index contributed by atoms with van der Waals surface area (Å²) in [5.74, 6) is -0.779. The topological polar surface area (TPSA) is 85.1 Å². The van der Waals surface area contributed by atoms with Crippen LogP contribution < -0.4 is 10.5 Å². The first-order valence-electron chi connectivity index (χ1n) is 5.50. The molecule has 0 bridgehead atoms. The molecule has 5 nitrogen and oxygen atoms in total. The van der Waals surface area contributed by atoms with Crippen LogP contribution in [0.3, 0.4) is 0 Å². The fraction of sp³-hybridized carbons (Fsp3) is 0.0833. The number of nitrogens with one attached hydrogen (secondary N) is 1. The summed E-state index contributed by atoms with van der Waals surface area (Å²) in [6.07, 6.45) is 0. The van der Waals surface area contributed by atoms with Crippen molar-refractivity contribution in [2.75, 3.05) is 10.5 Å². The van der Waals surface area contributed by atoms with E-state index in [9.17, 15) is 12.8 Å². The second kappa shape index (κ2) is 5.37. The molecule has 0 unspecified atom stereocenters. The van der Waals surface area contributed by atoms with E-state index in [1.807, 2.05) is 0 Å². The first kappa shape index (κ1) is 14.7. The van der Waals surface area contributed by atoms with Gasteiger partial charge in [0, 0.05) is 0 Å². The van der Waals surface area contributed by atoms with Gasteiger partial charge in [0.05, 0.1) is 22.0 Å². The highest BCUT2D eigenvalue weighted by Gasteiger charge is 2.17. The van der Waals surface area contributed by atoms with Gasteiger partial charge in [-0.3, -0.25) is 4.72 Å². The van der Waals surface area contributed by atoms with Crippen molar-refractivity contribution in [3.05, 3.63) is 46.4 Å². The Kier molecular flexibility index (Phi) is 3.96. The van der Waals surface area contributed by atoms with Crippen LogP contribution in [0.4, 0.5) is 15.8 Å². The van der Waals surface area contributed by atoms with E-state index < -0.39 is 15.8 Å². The highest BCUT2D eigenvalue weighted by atomic mass is 79.9. The van der Waals surface area contributed by atoms with Crippen LogP contribution in [0.1, 0.15) is 5.69 Å². The summed E-state index contributed by atoms with van der Waals surface area (Å²) < 4.78 is 40.6. The number of hydrogen-bond donors (Lipinski definition) is 2. The molecule has 0 saturated heterocycles. The number of sulfonamides is 1. The number of nitrogens with zero attached hydrogens (tertiary/aromatic N) is 1. The van der Waals surface area contributed by atoms with Crippen LogP contribution in [0.15, 0.2) is 39.8 Å². The number of hydrogen-bond acceptors (Lipinski definition) is 4. The Balaban J connectivity index is 2.38. The smallest absolute Gasteiger partial charge is 0.262 e.